The molecule has 0 aliphatic rings. The molecule has 2 aromatic rings. The van der Waals surface area contributed by atoms with Crippen molar-refractivity contribution in [1.29, 1.82) is 0 Å². The van der Waals surface area contributed by atoms with Gasteiger partial charge in [0.2, 0.25) is 0 Å². The first-order valence-corrected chi connectivity index (χ1v) is 5.95. The Labute approximate surface area is 102 Å². The Kier molecular flexibility index (Phi) is 3.59. The number of aromatic nitrogens is 2. The van der Waals surface area contributed by atoms with E-state index in [1.165, 1.54) is 11.1 Å². The van der Waals surface area contributed by atoms with Gasteiger partial charge in [0.25, 0.3) is 0 Å². The predicted octanol–water partition coefficient (Wildman–Crippen LogP) is 2.24. The maximum absolute atomic E-state index is 4.18. The van der Waals surface area contributed by atoms with Gasteiger partial charge in [-0.1, -0.05) is 24.3 Å². The lowest BCUT2D eigenvalue weighted by molar-refractivity contribution is 0.608. The van der Waals surface area contributed by atoms with Crippen LogP contribution in [-0.2, 0) is 13.5 Å². The number of rotatable bonds is 4. The quantitative estimate of drug-likeness (QED) is 0.871. The Morgan fingerprint density at radius 2 is 1.94 bits per heavy atom. The highest BCUT2D eigenvalue weighted by atomic mass is 15.2. The van der Waals surface area contributed by atoms with E-state index in [-0.39, 0.29) is 0 Å². The zero-order valence-electron chi connectivity index (χ0n) is 10.6. The molecule has 1 heterocycles. The largest absolute Gasteiger partial charge is 0.317 e. The number of benzene rings is 1. The average Bonchev–Trinajstić information content (AvgIpc) is 2.76. The minimum Gasteiger partial charge on any atom is -0.317 e. The number of likely N-dealkylation sites (N-methyl/N-ethyl adjacent to an activating group) is 1. The van der Waals surface area contributed by atoms with Crippen molar-refractivity contribution < 1.29 is 0 Å². The molecule has 3 heteroatoms. The maximum Gasteiger partial charge on any atom is 0.0678 e. The number of aryl methyl sites for hydroxylation is 1. The summed E-state index contributed by atoms with van der Waals surface area (Å²) in [5.74, 6) is 0. The van der Waals surface area contributed by atoms with Crippen LogP contribution in [0.3, 0.4) is 0 Å². The van der Waals surface area contributed by atoms with Crippen LogP contribution < -0.4 is 5.32 Å². The Morgan fingerprint density at radius 3 is 2.47 bits per heavy atom. The van der Waals surface area contributed by atoms with Gasteiger partial charge >= 0.3 is 0 Å². The molecule has 0 spiro atoms. The smallest absolute Gasteiger partial charge is 0.0678 e. The van der Waals surface area contributed by atoms with Crippen LogP contribution in [0.5, 0.6) is 0 Å². The molecule has 1 atom stereocenters. The minimum absolute atomic E-state index is 0.512. The van der Waals surface area contributed by atoms with Gasteiger partial charge in [-0.05, 0) is 37.6 Å². The van der Waals surface area contributed by atoms with E-state index in [0.29, 0.717) is 6.04 Å². The van der Waals surface area contributed by atoms with Gasteiger partial charge in [0, 0.05) is 19.3 Å². The van der Waals surface area contributed by atoms with Gasteiger partial charge in [0.15, 0.2) is 0 Å². The minimum atomic E-state index is 0.512. The molecule has 1 unspecified atom stereocenters. The fourth-order valence-corrected chi connectivity index (χ4v) is 1.92. The van der Waals surface area contributed by atoms with Crippen LogP contribution in [-0.4, -0.2) is 22.9 Å². The van der Waals surface area contributed by atoms with Gasteiger partial charge in [-0.3, -0.25) is 4.68 Å². The second-order valence-electron chi connectivity index (χ2n) is 4.43. The molecule has 0 amide bonds. The second kappa shape index (κ2) is 5.15. The van der Waals surface area contributed by atoms with Crippen molar-refractivity contribution in [3.8, 4) is 11.3 Å². The number of hydrogen-bond donors (Lipinski definition) is 1. The number of hydrogen-bond acceptors (Lipinski definition) is 2. The van der Waals surface area contributed by atoms with E-state index in [0.717, 1.165) is 12.1 Å². The fourth-order valence-electron chi connectivity index (χ4n) is 1.92. The summed E-state index contributed by atoms with van der Waals surface area (Å²) in [7, 11) is 3.96. The van der Waals surface area contributed by atoms with E-state index in [4.69, 9.17) is 0 Å². The van der Waals surface area contributed by atoms with Crippen LogP contribution in [0.2, 0.25) is 0 Å². The summed E-state index contributed by atoms with van der Waals surface area (Å²) < 4.78 is 1.89. The topological polar surface area (TPSA) is 29.9 Å². The van der Waals surface area contributed by atoms with Gasteiger partial charge in [-0.25, -0.2) is 0 Å². The molecule has 0 fully saturated rings. The molecule has 0 bridgehead atoms. The third kappa shape index (κ3) is 2.74. The van der Waals surface area contributed by atoms with E-state index in [1.54, 1.807) is 0 Å². The lowest BCUT2D eigenvalue weighted by atomic mass is 10.0. The summed E-state index contributed by atoms with van der Waals surface area (Å²) in [6.07, 6.45) is 2.88. The van der Waals surface area contributed by atoms with Crippen molar-refractivity contribution in [3.05, 3.63) is 42.1 Å². The van der Waals surface area contributed by atoms with Gasteiger partial charge in [-0.15, -0.1) is 0 Å². The zero-order chi connectivity index (χ0) is 12.3. The van der Waals surface area contributed by atoms with E-state index in [2.05, 4.69) is 41.6 Å². The summed E-state index contributed by atoms with van der Waals surface area (Å²) in [6.45, 7) is 2.19. The van der Waals surface area contributed by atoms with Crippen LogP contribution in [0.25, 0.3) is 11.3 Å². The molecule has 1 aromatic heterocycles. The van der Waals surface area contributed by atoms with E-state index < -0.39 is 0 Å². The van der Waals surface area contributed by atoms with Crippen molar-refractivity contribution in [3.63, 3.8) is 0 Å². The van der Waals surface area contributed by atoms with Gasteiger partial charge in [-0.2, -0.15) is 5.10 Å². The van der Waals surface area contributed by atoms with Crippen LogP contribution in [0.4, 0.5) is 0 Å². The van der Waals surface area contributed by atoms with Crippen LogP contribution in [0.15, 0.2) is 36.5 Å². The Bertz CT molecular complexity index is 470. The van der Waals surface area contributed by atoms with E-state index in [9.17, 15) is 0 Å². The molecule has 0 radical (unpaired) electrons. The lowest BCUT2D eigenvalue weighted by Crippen LogP contribution is -2.23. The van der Waals surface area contributed by atoms with Gasteiger partial charge in [0.1, 0.15) is 0 Å². The Balaban J connectivity index is 2.16. The Morgan fingerprint density at radius 1 is 1.24 bits per heavy atom. The monoisotopic (exact) mass is 229 g/mol. The molecule has 0 aliphatic carbocycles. The third-order valence-electron chi connectivity index (χ3n) is 3.11. The molecule has 17 heavy (non-hydrogen) atoms. The first kappa shape index (κ1) is 11.9. The van der Waals surface area contributed by atoms with Crippen LogP contribution >= 0.6 is 0 Å². The molecular formula is C14H19N3. The molecule has 90 valence electrons. The van der Waals surface area contributed by atoms with Crippen molar-refractivity contribution in [1.82, 2.24) is 15.1 Å². The first-order valence-electron chi connectivity index (χ1n) is 5.95. The summed E-state index contributed by atoms with van der Waals surface area (Å²) in [6, 6.07) is 11.2. The molecule has 3 nitrogen and oxygen atoms in total. The van der Waals surface area contributed by atoms with Crippen molar-refractivity contribution in [2.75, 3.05) is 7.05 Å². The van der Waals surface area contributed by atoms with E-state index in [1.807, 2.05) is 31.0 Å². The van der Waals surface area contributed by atoms with Crippen LogP contribution in [0.1, 0.15) is 12.5 Å². The predicted molar refractivity (Wildman–Crippen MR) is 70.9 cm³/mol. The van der Waals surface area contributed by atoms with E-state index >= 15 is 0 Å². The lowest BCUT2D eigenvalue weighted by Gasteiger charge is -2.10. The van der Waals surface area contributed by atoms with Crippen molar-refractivity contribution in [2.24, 2.45) is 7.05 Å². The third-order valence-corrected chi connectivity index (χ3v) is 3.11. The summed E-state index contributed by atoms with van der Waals surface area (Å²) in [4.78, 5) is 0. The van der Waals surface area contributed by atoms with Gasteiger partial charge in [0.05, 0.1) is 5.69 Å². The standard InChI is InChI=1S/C14H19N3/c1-11(15-2)10-12-4-6-13(7-5-12)14-8-9-16-17(14)3/h4-9,11,15H,10H2,1-3H3. The fraction of sp³-hybridized carbons (Fsp3) is 0.357. The number of nitrogens with zero attached hydrogens (tertiary/aromatic N) is 2. The molecule has 1 aromatic carbocycles. The highest BCUT2D eigenvalue weighted by Crippen LogP contribution is 2.18. The highest BCUT2D eigenvalue weighted by molar-refractivity contribution is 5.59. The Hall–Kier alpha value is -1.61. The molecule has 0 saturated carbocycles. The SMILES string of the molecule is CNC(C)Cc1ccc(-c2ccnn2C)cc1. The van der Waals surface area contributed by atoms with Crippen molar-refractivity contribution in [2.45, 2.75) is 19.4 Å². The second-order valence-corrected chi connectivity index (χ2v) is 4.43. The van der Waals surface area contributed by atoms with Gasteiger partial charge < -0.3 is 5.32 Å². The summed E-state index contributed by atoms with van der Waals surface area (Å²) >= 11 is 0. The highest BCUT2D eigenvalue weighted by Gasteiger charge is 2.04. The molecule has 2 rings (SSSR count). The first-order chi connectivity index (χ1) is 8.20. The normalized spacial score (nSPS) is 12.6. The summed E-state index contributed by atoms with van der Waals surface area (Å²) in [5, 5.41) is 7.43. The molecule has 1 N–H and O–H groups in total. The molecular weight excluding hydrogens is 210 g/mol. The maximum atomic E-state index is 4.18. The van der Waals surface area contributed by atoms with Crippen LogP contribution in [0, 0.1) is 0 Å². The zero-order valence-corrected chi connectivity index (χ0v) is 10.6. The molecule has 0 saturated heterocycles. The average molecular weight is 229 g/mol. The molecule has 0 aliphatic heterocycles. The van der Waals surface area contributed by atoms with Crippen molar-refractivity contribution >= 4 is 0 Å². The number of nitrogens with one attached hydrogen (secondary N) is 1. The summed E-state index contributed by atoms with van der Waals surface area (Å²) in [5.41, 5.74) is 3.72.